The highest BCUT2D eigenvalue weighted by molar-refractivity contribution is 5.79. The lowest BCUT2D eigenvalue weighted by Crippen LogP contribution is -2.39. The minimum absolute atomic E-state index is 0.191. The smallest absolute Gasteiger partial charge is 0.190 e. The van der Waals surface area contributed by atoms with Gasteiger partial charge in [0.15, 0.2) is 5.96 Å². The van der Waals surface area contributed by atoms with E-state index in [0.717, 1.165) is 48.8 Å². The second-order valence-electron chi connectivity index (χ2n) is 5.85. The van der Waals surface area contributed by atoms with Crippen LogP contribution < -0.4 is 15.4 Å². The number of methoxy groups -OCH3 is 1. The van der Waals surface area contributed by atoms with E-state index in [4.69, 9.17) is 4.74 Å². The van der Waals surface area contributed by atoms with E-state index in [2.05, 4.69) is 21.7 Å². The Morgan fingerprint density at radius 2 is 1.84 bits per heavy atom. The Hall–Kier alpha value is -2.56. The summed E-state index contributed by atoms with van der Waals surface area (Å²) >= 11 is 0. The first-order valence-corrected chi connectivity index (χ1v) is 8.45. The Bertz CT molecular complexity index is 716. The van der Waals surface area contributed by atoms with Gasteiger partial charge in [-0.05, 0) is 60.7 Å². The summed E-state index contributed by atoms with van der Waals surface area (Å²) in [4.78, 5) is 4.23. The van der Waals surface area contributed by atoms with E-state index in [1.807, 2.05) is 31.2 Å². The van der Waals surface area contributed by atoms with Gasteiger partial charge in [-0.3, -0.25) is 4.99 Å². The first kappa shape index (κ1) is 18.8. The number of benzene rings is 2. The quantitative estimate of drug-likeness (QED) is 0.600. The van der Waals surface area contributed by atoms with Crippen LogP contribution in [0.1, 0.15) is 16.7 Å². The molecule has 134 valence electrons. The minimum Gasteiger partial charge on any atom is -0.497 e. The van der Waals surface area contributed by atoms with Crippen molar-refractivity contribution in [3.63, 3.8) is 0 Å². The van der Waals surface area contributed by atoms with E-state index in [-0.39, 0.29) is 5.82 Å². The van der Waals surface area contributed by atoms with E-state index in [0.29, 0.717) is 0 Å². The van der Waals surface area contributed by atoms with E-state index in [1.165, 1.54) is 11.6 Å². The zero-order valence-corrected chi connectivity index (χ0v) is 15.1. The maximum atomic E-state index is 13.1. The van der Waals surface area contributed by atoms with Crippen molar-refractivity contribution >= 4 is 5.96 Å². The number of rotatable bonds is 7. The average Bonchev–Trinajstić information content (AvgIpc) is 2.62. The molecule has 0 fully saturated rings. The minimum atomic E-state index is -0.191. The number of hydrogen-bond donors (Lipinski definition) is 2. The fourth-order valence-corrected chi connectivity index (χ4v) is 2.63. The molecule has 0 aromatic heterocycles. The normalized spacial score (nSPS) is 11.3. The SMILES string of the molecule is CN=C(NCCc1cccc(OC)c1)NCCc1ccc(F)cc1C. The van der Waals surface area contributed by atoms with Gasteiger partial charge in [0.1, 0.15) is 11.6 Å². The molecule has 2 aromatic carbocycles. The van der Waals surface area contributed by atoms with Gasteiger partial charge < -0.3 is 15.4 Å². The summed E-state index contributed by atoms with van der Waals surface area (Å²) in [5.41, 5.74) is 3.33. The molecule has 2 aromatic rings. The van der Waals surface area contributed by atoms with Crippen molar-refractivity contribution in [2.45, 2.75) is 19.8 Å². The molecule has 0 atom stereocenters. The van der Waals surface area contributed by atoms with Gasteiger partial charge >= 0.3 is 0 Å². The van der Waals surface area contributed by atoms with Gasteiger partial charge in [-0.15, -0.1) is 0 Å². The average molecular weight is 343 g/mol. The molecule has 0 aliphatic carbocycles. The highest BCUT2D eigenvalue weighted by Gasteiger charge is 2.02. The standard InChI is InChI=1S/C20H26FN3O/c1-15-13-18(21)8-7-17(15)10-12-24-20(22-2)23-11-9-16-5-4-6-19(14-16)25-3/h4-8,13-14H,9-12H2,1-3H3,(H2,22,23,24). The van der Waals surface area contributed by atoms with E-state index >= 15 is 0 Å². The Kier molecular flexibility index (Phi) is 7.26. The first-order valence-electron chi connectivity index (χ1n) is 8.45. The third-order valence-corrected chi connectivity index (χ3v) is 4.06. The molecule has 0 amide bonds. The van der Waals surface area contributed by atoms with Gasteiger partial charge in [-0.25, -0.2) is 4.39 Å². The maximum absolute atomic E-state index is 13.1. The Balaban J connectivity index is 1.75. The van der Waals surface area contributed by atoms with E-state index < -0.39 is 0 Å². The summed E-state index contributed by atoms with van der Waals surface area (Å²) in [6.07, 6.45) is 1.71. The maximum Gasteiger partial charge on any atom is 0.190 e. The second-order valence-corrected chi connectivity index (χ2v) is 5.85. The van der Waals surface area contributed by atoms with Gasteiger partial charge in [-0.1, -0.05) is 18.2 Å². The summed E-state index contributed by atoms with van der Waals surface area (Å²) in [7, 11) is 3.43. The number of nitrogens with zero attached hydrogens (tertiary/aromatic N) is 1. The summed E-state index contributed by atoms with van der Waals surface area (Å²) in [6.45, 7) is 3.45. The lowest BCUT2D eigenvalue weighted by atomic mass is 10.1. The Morgan fingerprint density at radius 1 is 1.08 bits per heavy atom. The van der Waals surface area contributed by atoms with Gasteiger partial charge in [0.2, 0.25) is 0 Å². The molecule has 2 rings (SSSR count). The lowest BCUT2D eigenvalue weighted by Gasteiger charge is -2.13. The van der Waals surface area contributed by atoms with Crippen LogP contribution in [0.15, 0.2) is 47.5 Å². The van der Waals surface area contributed by atoms with Crippen molar-refractivity contribution in [2.24, 2.45) is 4.99 Å². The highest BCUT2D eigenvalue weighted by Crippen LogP contribution is 2.12. The largest absolute Gasteiger partial charge is 0.497 e. The number of aliphatic imine (C=N–C) groups is 1. The van der Waals surface area contributed by atoms with Crippen LogP contribution in [0.2, 0.25) is 0 Å². The zero-order chi connectivity index (χ0) is 18.1. The number of guanidine groups is 1. The van der Waals surface area contributed by atoms with Crippen LogP contribution in [0.3, 0.4) is 0 Å². The lowest BCUT2D eigenvalue weighted by molar-refractivity contribution is 0.414. The molecule has 0 aliphatic rings. The number of halogens is 1. The summed E-state index contributed by atoms with van der Waals surface area (Å²) in [5.74, 6) is 1.45. The molecule has 0 saturated heterocycles. The van der Waals surface area contributed by atoms with Crippen molar-refractivity contribution in [1.82, 2.24) is 10.6 Å². The molecule has 0 unspecified atom stereocenters. The molecule has 0 radical (unpaired) electrons. The summed E-state index contributed by atoms with van der Waals surface area (Å²) < 4.78 is 18.4. The van der Waals surface area contributed by atoms with Crippen LogP contribution >= 0.6 is 0 Å². The number of ether oxygens (including phenoxy) is 1. The molecule has 0 saturated carbocycles. The topological polar surface area (TPSA) is 45.7 Å². The Morgan fingerprint density at radius 3 is 2.52 bits per heavy atom. The summed E-state index contributed by atoms with van der Waals surface area (Å²) in [6, 6.07) is 13.0. The second kappa shape index (κ2) is 9.67. The molecule has 0 bridgehead atoms. The zero-order valence-electron chi connectivity index (χ0n) is 15.1. The third-order valence-electron chi connectivity index (χ3n) is 4.06. The van der Waals surface area contributed by atoms with Crippen LogP contribution in [0.25, 0.3) is 0 Å². The van der Waals surface area contributed by atoms with Crippen LogP contribution in [-0.2, 0) is 12.8 Å². The van der Waals surface area contributed by atoms with Crippen molar-refractivity contribution in [3.8, 4) is 5.75 Å². The first-order chi connectivity index (χ1) is 12.1. The molecule has 5 heteroatoms. The predicted molar refractivity (Wildman–Crippen MR) is 101 cm³/mol. The number of nitrogens with one attached hydrogen (secondary N) is 2. The van der Waals surface area contributed by atoms with Gasteiger partial charge in [0.25, 0.3) is 0 Å². The number of hydrogen-bond acceptors (Lipinski definition) is 2. The molecule has 4 nitrogen and oxygen atoms in total. The van der Waals surface area contributed by atoms with Gasteiger partial charge in [0.05, 0.1) is 7.11 Å². The van der Waals surface area contributed by atoms with Crippen molar-refractivity contribution < 1.29 is 9.13 Å². The van der Waals surface area contributed by atoms with Gasteiger partial charge in [0, 0.05) is 20.1 Å². The van der Waals surface area contributed by atoms with Crippen molar-refractivity contribution in [1.29, 1.82) is 0 Å². The highest BCUT2D eigenvalue weighted by atomic mass is 19.1. The molecular formula is C20H26FN3O. The van der Waals surface area contributed by atoms with Crippen molar-refractivity contribution in [2.75, 3.05) is 27.2 Å². The fraction of sp³-hybridized carbons (Fsp3) is 0.350. The summed E-state index contributed by atoms with van der Waals surface area (Å²) in [5, 5.41) is 6.59. The Labute approximate surface area is 149 Å². The van der Waals surface area contributed by atoms with Crippen LogP contribution in [0.5, 0.6) is 5.75 Å². The van der Waals surface area contributed by atoms with Crippen molar-refractivity contribution in [3.05, 3.63) is 65.0 Å². The predicted octanol–water partition coefficient (Wildman–Crippen LogP) is 3.09. The molecule has 0 aliphatic heterocycles. The molecule has 0 heterocycles. The van der Waals surface area contributed by atoms with E-state index in [9.17, 15) is 4.39 Å². The molecule has 0 spiro atoms. The van der Waals surface area contributed by atoms with E-state index in [1.54, 1.807) is 20.2 Å². The third kappa shape index (κ3) is 6.10. The van der Waals surface area contributed by atoms with Crippen LogP contribution in [0.4, 0.5) is 4.39 Å². The van der Waals surface area contributed by atoms with Gasteiger partial charge in [-0.2, -0.15) is 0 Å². The monoisotopic (exact) mass is 343 g/mol. The number of aryl methyl sites for hydroxylation is 1. The van der Waals surface area contributed by atoms with Crippen LogP contribution in [-0.4, -0.2) is 33.2 Å². The molecule has 2 N–H and O–H groups in total. The molecular weight excluding hydrogens is 317 g/mol. The molecule has 25 heavy (non-hydrogen) atoms. The van der Waals surface area contributed by atoms with Crippen LogP contribution in [0, 0.1) is 12.7 Å². The fourth-order valence-electron chi connectivity index (χ4n) is 2.63.